The van der Waals surface area contributed by atoms with E-state index in [1.807, 2.05) is 24.3 Å². The molecule has 0 aliphatic heterocycles. The second-order valence-electron chi connectivity index (χ2n) is 5.20. The van der Waals surface area contributed by atoms with E-state index in [-0.39, 0.29) is 23.7 Å². The molecular weight excluding hydrogens is 321 g/mol. The molecule has 7 heteroatoms. The molecule has 1 heterocycles. The second-order valence-corrected chi connectivity index (χ2v) is 5.20. The molecule has 0 radical (unpaired) electrons. The molecule has 1 aromatic heterocycles. The minimum absolute atomic E-state index is 0.0470. The van der Waals surface area contributed by atoms with Gasteiger partial charge in [-0.15, -0.1) is 0 Å². The van der Waals surface area contributed by atoms with Crippen molar-refractivity contribution in [3.63, 3.8) is 0 Å². The van der Waals surface area contributed by atoms with Gasteiger partial charge in [-0.1, -0.05) is 18.2 Å². The number of anilines is 1. The number of aromatic nitrogens is 2. The summed E-state index contributed by atoms with van der Waals surface area (Å²) in [4.78, 5) is 20.6. The summed E-state index contributed by atoms with van der Waals surface area (Å²) in [5.41, 5.74) is 1.93. The van der Waals surface area contributed by atoms with Gasteiger partial charge < -0.3 is 10.6 Å². The smallest absolute Gasteiger partial charge is 0.271 e. The number of rotatable bonds is 5. The van der Waals surface area contributed by atoms with Crippen molar-refractivity contribution in [1.82, 2.24) is 15.3 Å². The standard InChI is InChI=1S/C18H14FN5O/c19-13-4-3-7-14(12(13)10-20)21-8-9-22-18(25)17-11-23-15-5-1-2-6-16(15)24-17/h1-7,11,21H,8-9H2,(H,22,25). The van der Waals surface area contributed by atoms with E-state index in [2.05, 4.69) is 20.6 Å². The molecule has 0 bridgehead atoms. The molecule has 25 heavy (non-hydrogen) atoms. The molecule has 0 saturated carbocycles. The lowest BCUT2D eigenvalue weighted by Crippen LogP contribution is -2.29. The monoisotopic (exact) mass is 335 g/mol. The van der Waals surface area contributed by atoms with Crippen LogP contribution in [0.5, 0.6) is 0 Å². The van der Waals surface area contributed by atoms with Crippen molar-refractivity contribution in [2.45, 2.75) is 0 Å². The number of carbonyl (C=O) groups is 1. The van der Waals surface area contributed by atoms with Crippen LogP contribution in [0.25, 0.3) is 11.0 Å². The third-order valence-corrected chi connectivity index (χ3v) is 3.53. The Bertz CT molecular complexity index is 967. The number of fused-ring (bicyclic) bond motifs is 1. The summed E-state index contributed by atoms with van der Waals surface area (Å²) in [6.07, 6.45) is 1.42. The van der Waals surface area contributed by atoms with Gasteiger partial charge in [0.15, 0.2) is 0 Å². The summed E-state index contributed by atoms with van der Waals surface area (Å²) in [6.45, 7) is 0.625. The van der Waals surface area contributed by atoms with Crippen LogP contribution in [-0.4, -0.2) is 29.0 Å². The molecule has 0 atom stereocenters. The van der Waals surface area contributed by atoms with Crippen molar-refractivity contribution in [1.29, 1.82) is 5.26 Å². The summed E-state index contributed by atoms with van der Waals surface area (Å²) < 4.78 is 13.5. The summed E-state index contributed by atoms with van der Waals surface area (Å²) >= 11 is 0. The SMILES string of the molecule is N#Cc1c(F)cccc1NCCNC(=O)c1cnc2ccccc2n1. The van der Waals surface area contributed by atoms with E-state index in [1.165, 1.54) is 18.3 Å². The van der Waals surface area contributed by atoms with Crippen LogP contribution in [-0.2, 0) is 0 Å². The van der Waals surface area contributed by atoms with Crippen molar-refractivity contribution in [2.24, 2.45) is 0 Å². The summed E-state index contributed by atoms with van der Waals surface area (Å²) in [5.74, 6) is -0.928. The summed E-state index contributed by atoms with van der Waals surface area (Å²) in [6, 6.07) is 13.4. The van der Waals surface area contributed by atoms with Crippen LogP contribution in [0.15, 0.2) is 48.7 Å². The normalized spacial score (nSPS) is 10.2. The van der Waals surface area contributed by atoms with Crippen LogP contribution in [0.3, 0.4) is 0 Å². The Kier molecular flexibility index (Phi) is 4.81. The van der Waals surface area contributed by atoms with Crippen molar-refractivity contribution in [2.75, 3.05) is 18.4 Å². The average Bonchev–Trinajstić information content (AvgIpc) is 2.64. The van der Waals surface area contributed by atoms with E-state index < -0.39 is 5.82 Å². The molecule has 124 valence electrons. The maximum absolute atomic E-state index is 13.5. The molecule has 0 spiro atoms. The minimum Gasteiger partial charge on any atom is -0.382 e. The van der Waals surface area contributed by atoms with Crippen LogP contribution in [0, 0.1) is 17.1 Å². The van der Waals surface area contributed by atoms with Gasteiger partial charge in [0.05, 0.1) is 22.9 Å². The fraction of sp³-hybridized carbons (Fsp3) is 0.111. The lowest BCUT2D eigenvalue weighted by molar-refractivity contribution is 0.0950. The Morgan fingerprint density at radius 2 is 1.92 bits per heavy atom. The Labute approximate surface area is 143 Å². The van der Waals surface area contributed by atoms with Gasteiger partial charge in [0.2, 0.25) is 0 Å². The van der Waals surface area contributed by atoms with Gasteiger partial charge in [-0.2, -0.15) is 5.26 Å². The van der Waals surface area contributed by atoms with Gasteiger partial charge in [-0.3, -0.25) is 9.78 Å². The number of para-hydroxylation sites is 2. The first-order valence-electron chi connectivity index (χ1n) is 7.61. The molecule has 2 N–H and O–H groups in total. The van der Waals surface area contributed by atoms with Gasteiger partial charge in [-0.25, -0.2) is 9.37 Å². The molecule has 3 rings (SSSR count). The number of nitrogens with one attached hydrogen (secondary N) is 2. The number of nitrogens with zero attached hydrogens (tertiary/aromatic N) is 3. The predicted molar refractivity (Wildman–Crippen MR) is 91.5 cm³/mol. The Morgan fingerprint density at radius 3 is 2.72 bits per heavy atom. The lowest BCUT2D eigenvalue weighted by atomic mass is 10.2. The Hall–Kier alpha value is -3.53. The Morgan fingerprint density at radius 1 is 1.12 bits per heavy atom. The highest BCUT2D eigenvalue weighted by Crippen LogP contribution is 2.17. The number of hydrogen-bond donors (Lipinski definition) is 2. The number of benzene rings is 2. The second kappa shape index (κ2) is 7.36. The van der Waals surface area contributed by atoms with E-state index >= 15 is 0 Å². The van der Waals surface area contributed by atoms with E-state index in [1.54, 1.807) is 12.1 Å². The number of carbonyl (C=O) groups excluding carboxylic acids is 1. The fourth-order valence-electron chi connectivity index (χ4n) is 2.32. The number of nitriles is 1. The summed E-state index contributed by atoms with van der Waals surface area (Å²) in [5, 5.41) is 14.6. The molecule has 0 aliphatic rings. The third kappa shape index (κ3) is 3.70. The van der Waals surface area contributed by atoms with Crippen LogP contribution >= 0.6 is 0 Å². The lowest BCUT2D eigenvalue weighted by Gasteiger charge is -2.09. The zero-order valence-electron chi connectivity index (χ0n) is 13.2. The first-order valence-corrected chi connectivity index (χ1v) is 7.61. The fourth-order valence-corrected chi connectivity index (χ4v) is 2.32. The number of hydrogen-bond acceptors (Lipinski definition) is 5. The van der Waals surface area contributed by atoms with E-state index in [0.717, 1.165) is 5.52 Å². The quantitative estimate of drug-likeness (QED) is 0.699. The molecule has 3 aromatic rings. The minimum atomic E-state index is -0.581. The molecule has 1 amide bonds. The van der Waals surface area contributed by atoms with E-state index in [4.69, 9.17) is 5.26 Å². The largest absolute Gasteiger partial charge is 0.382 e. The van der Waals surface area contributed by atoms with Crippen LogP contribution in [0.2, 0.25) is 0 Å². The highest BCUT2D eigenvalue weighted by Gasteiger charge is 2.09. The topological polar surface area (TPSA) is 90.7 Å². The molecule has 0 unspecified atom stereocenters. The Balaban J connectivity index is 1.57. The zero-order valence-corrected chi connectivity index (χ0v) is 13.2. The molecule has 2 aromatic carbocycles. The molecule has 6 nitrogen and oxygen atoms in total. The van der Waals surface area contributed by atoms with Crippen LogP contribution < -0.4 is 10.6 Å². The number of amides is 1. The first-order chi connectivity index (χ1) is 12.2. The van der Waals surface area contributed by atoms with E-state index in [0.29, 0.717) is 17.7 Å². The first kappa shape index (κ1) is 16.3. The third-order valence-electron chi connectivity index (χ3n) is 3.53. The zero-order chi connectivity index (χ0) is 17.6. The van der Waals surface area contributed by atoms with Crippen LogP contribution in [0.1, 0.15) is 16.1 Å². The highest BCUT2D eigenvalue weighted by atomic mass is 19.1. The predicted octanol–water partition coefficient (Wildman–Crippen LogP) is 2.48. The molecular formula is C18H14FN5O. The highest BCUT2D eigenvalue weighted by molar-refractivity contribution is 5.93. The summed E-state index contributed by atoms with van der Waals surface area (Å²) in [7, 11) is 0. The maximum Gasteiger partial charge on any atom is 0.271 e. The van der Waals surface area contributed by atoms with Crippen molar-refractivity contribution < 1.29 is 9.18 Å². The van der Waals surface area contributed by atoms with Gasteiger partial charge in [-0.05, 0) is 24.3 Å². The van der Waals surface area contributed by atoms with Gasteiger partial charge in [0.25, 0.3) is 5.91 Å². The van der Waals surface area contributed by atoms with Crippen molar-refractivity contribution >= 4 is 22.6 Å². The van der Waals surface area contributed by atoms with Crippen molar-refractivity contribution in [3.8, 4) is 6.07 Å². The van der Waals surface area contributed by atoms with Gasteiger partial charge >= 0.3 is 0 Å². The van der Waals surface area contributed by atoms with Crippen molar-refractivity contribution in [3.05, 3.63) is 65.7 Å². The molecule has 0 saturated heterocycles. The molecule has 0 aliphatic carbocycles. The maximum atomic E-state index is 13.5. The number of halogens is 1. The van der Waals surface area contributed by atoms with E-state index in [9.17, 15) is 9.18 Å². The van der Waals surface area contributed by atoms with Gasteiger partial charge in [0, 0.05) is 13.1 Å². The average molecular weight is 335 g/mol. The van der Waals surface area contributed by atoms with Crippen LogP contribution in [0.4, 0.5) is 10.1 Å². The molecule has 0 fully saturated rings. The van der Waals surface area contributed by atoms with Gasteiger partial charge in [0.1, 0.15) is 23.1 Å².